The fourth-order valence-corrected chi connectivity index (χ4v) is 4.02. The van der Waals surface area contributed by atoms with E-state index in [1.165, 1.54) is 0 Å². The van der Waals surface area contributed by atoms with Gasteiger partial charge >= 0.3 is 0 Å². The average molecular weight is 508 g/mol. The highest BCUT2D eigenvalue weighted by molar-refractivity contribution is 6.42. The van der Waals surface area contributed by atoms with Crippen LogP contribution < -0.4 is 10.1 Å². The number of rotatable bonds is 11. The van der Waals surface area contributed by atoms with E-state index >= 15 is 0 Å². The molecule has 0 spiro atoms. The quantitative estimate of drug-likeness (QED) is 0.359. The second kappa shape index (κ2) is 13.0. The van der Waals surface area contributed by atoms with E-state index in [-0.39, 0.29) is 30.4 Å². The maximum atomic E-state index is 13.4. The summed E-state index contributed by atoms with van der Waals surface area (Å²) in [6, 6.07) is 12.3. The molecule has 0 fully saturated rings. The van der Waals surface area contributed by atoms with E-state index in [9.17, 15) is 9.59 Å². The van der Waals surface area contributed by atoms with Crippen molar-refractivity contribution in [1.82, 2.24) is 10.2 Å². The predicted octanol–water partition coefficient (Wildman–Crippen LogP) is 6.39. The molecule has 0 heterocycles. The van der Waals surface area contributed by atoms with Gasteiger partial charge in [-0.15, -0.1) is 0 Å². The number of amides is 2. The summed E-state index contributed by atoms with van der Waals surface area (Å²) >= 11 is 12.3. The molecule has 34 heavy (non-hydrogen) atoms. The van der Waals surface area contributed by atoms with Crippen LogP contribution in [0.3, 0.4) is 0 Å². The van der Waals surface area contributed by atoms with Gasteiger partial charge in [-0.3, -0.25) is 9.59 Å². The zero-order valence-corrected chi connectivity index (χ0v) is 22.3. The molecule has 0 aliphatic rings. The molecule has 5 nitrogen and oxygen atoms in total. The molecular weight excluding hydrogens is 471 g/mol. The predicted molar refractivity (Wildman–Crippen MR) is 140 cm³/mol. The lowest BCUT2D eigenvalue weighted by molar-refractivity contribution is -0.143. The highest BCUT2D eigenvalue weighted by Gasteiger charge is 2.29. The van der Waals surface area contributed by atoms with Crippen LogP contribution in [0.2, 0.25) is 10.0 Å². The normalized spacial score (nSPS) is 12.2. The number of hydrogen-bond donors (Lipinski definition) is 1. The summed E-state index contributed by atoms with van der Waals surface area (Å²) in [4.78, 5) is 28.0. The number of halogens is 2. The monoisotopic (exact) mass is 506 g/mol. The van der Waals surface area contributed by atoms with Gasteiger partial charge in [-0.2, -0.15) is 0 Å². The zero-order chi connectivity index (χ0) is 25.3. The van der Waals surface area contributed by atoms with E-state index in [2.05, 4.69) is 33.0 Å². The number of nitrogens with one attached hydrogen (secondary N) is 1. The van der Waals surface area contributed by atoms with Crippen LogP contribution in [0.25, 0.3) is 0 Å². The highest BCUT2D eigenvalue weighted by atomic mass is 35.5. The van der Waals surface area contributed by atoms with Crippen LogP contribution in [0.4, 0.5) is 0 Å². The Labute approximate surface area is 213 Å². The van der Waals surface area contributed by atoms with Crippen LogP contribution in [-0.2, 0) is 21.5 Å². The Kier molecular flexibility index (Phi) is 10.7. The SMILES string of the molecule is CCCCNC(=O)[C@@H](CC)N(Cc1ccc(Cl)c(Cl)c1)C(=O)COc1ccccc1C(C)(C)C. The molecule has 0 unspecified atom stereocenters. The van der Waals surface area contributed by atoms with Gasteiger partial charge < -0.3 is 15.0 Å². The number of para-hydroxylation sites is 1. The lowest BCUT2D eigenvalue weighted by Gasteiger charge is -2.31. The molecule has 0 saturated carbocycles. The van der Waals surface area contributed by atoms with E-state index in [1.54, 1.807) is 17.0 Å². The molecule has 0 saturated heterocycles. The second-order valence-corrected chi connectivity index (χ2v) is 10.2. The van der Waals surface area contributed by atoms with Gasteiger partial charge in [0, 0.05) is 13.1 Å². The van der Waals surface area contributed by atoms with E-state index in [0.717, 1.165) is 24.0 Å². The van der Waals surface area contributed by atoms with Crippen molar-refractivity contribution < 1.29 is 14.3 Å². The number of hydrogen-bond acceptors (Lipinski definition) is 3. The Hall–Kier alpha value is -2.24. The van der Waals surface area contributed by atoms with Crippen molar-refractivity contribution in [3.8, 4) is 5.75 Å². The van der Waals surface area contributed by atoms with Gasteiger partial charge in [-0.25, -0.2) is 0 Å². The summed E-state index contributed by atoms with van der Waals surface area (Å²) in [5, 5.41) is 3.80. The number of carbonyl (C=O) groups is 2. The standard InChI is InChI=1S/C27H36Cl2N2O3/c1-6-8-15-30-26(33)23(7-2)31(17-19-13-14-21(28)22(29)16-19)25(32)18-34-24-12-10-9-11-20(24)27(3,4)5/h9-14,16,23H,6-8,15,17-18H2,1-5H3,(H,30,33)/t23-/m1/s1. The fourth-order valence-electron chi connectivity index (χ4n) is 3.69. The van der Waals surface area contributed by atoms with Gasteiger partial charge in [0.25, 0.3) is 5.91 Å². The minimum Gasteiger partial charge on any atom is -0.483 e. The van der Waals surface area contributed by atoms with Gasteiger partial charge in [0.15, 0.2) is 6.61 Å². The van der Waals surface area contributed by atoms with Gasteiger partial charge in [0.05, 0.1) is 10.0 Å². The van der Waals surface area contributed by atoms with Crippen molar-refractivity contribution in [2.75, 3.05) is 13.2 Å². The molecule has 0 bridgehead atoms. The Bertz CT molecular complexity index is 973. The highest BCUT2D eigenvalue weighted by Crippen LogP contribution is 2.31. The van der Waals surface area contributed by atoms with Crippen molar-refractivity contribution in [2.24, 2.45) is 0 Å². The number of nitrogens with zero attached hydrogens (tertiary/aromatic N) is 1. The third-order valence-corrected chi connectivity index (χ3v) is 6.34. The summed E-state index contributed by atoms with van der Waals surface area (Å²) in [6.07, 6.45) is 2.34. The molecule has 1 atom stereocenters. The number of ether oxygens (including phenoxy) is 1. The van der Waals surface area contributed by atoms with E-state index in [4.69, 9.17) is 27.9 Å². The smallest absolute Gasteiger partial charge is 0.261 e. The van der Waals surface area contributed by atoms with Crippen molar-refractivity contribution in [3.63, 3.8) is 0 Å². The van der Waals surface area contributed by atoms with Crippen LogP contribution in [-0.4, -0.2) is 35.9 Å². The minimum atomic E-state index is -0.625. The molecule has 0 aliphatic carbocycles. The van der Waals surface area contributed by atoms with E-state index in [1.807, 2.05) is 37.3 Å². The summed E-state index contributed by atoms with van der Waals surface area (Å²) in [6.45, 7) is 10.9. The van der Waals surface area contributed by atoms with Gasteiger partial charge in [0.2, 0.25) is 5.91 Å². The Morgan fingerprint density at radius 2 is 1.76 bits per heavy atom. The first-order valence-corrected chi connectivity index (χ1v) is 12.6. The fraction of sp³-hybridized carbons (Fsp3) is 0.481. The lowest BCUT2D eigenvalue weighted by Crippen LogP contribution is -2.50. The summed E-state index contributed by atoms with van der Waals surface area (Å²) in [5.41, 5.74) is 1.67. The summed E-state index contributed by atoms with van der Waals surface area (Å²) in [5.74, 6) is 0.227. The van der Waals surface area contributed by atoms with Crippen molar-refractivity contribution in [2.45, 2.75) is 71.9 Å². The topological polar surface area (TPSA) is 58.6 Å². The first-order valence-electron chi connectivity index (χ1n) is 11.8. The number of benzene rings is 2. The molecular formula is C27H36Cl2N2O3. The Morgan fingerprint density at radius 1 is 1.06 bits per heavy atom. The molecule has 2 amide bonds. The lowest BCUT2D eigenvalue weighted by atomic mass is 9.86. The molecule has 0 radical (unpaired) electrons. The largest absolute Gasteiger partial charge is 0.483 e. The second-order valence-electron chi connectivity index (χ2n) is 9.37. The average Bonchev–Trinajstić information content (AvgIpc) is 2.79. The minimum absolute atomic E-state index is 0.134. The first-order chi connectivity index (χ1) is 16.1. The molecule has 186 valence electrons. The van der Waals surface area contributed by atoms with Gasteiger partial charge in [0.1, 0.15) is 11.8 Å². The van der Waals surface area contributed by atoms with Gasteiger partial charge in [-0.05, 0) is 47.6 Å². The van der Waals surface area contributed by atoms with Crippen molar-refractivity contribution in [1.29, 1.82) is 0 Å². The molecule has 1 N–H and O–H groups in total. The Morgan fingerprint density at radius 3 is 2.38 bits per heavy atom. The molecule has 0 aromatic heterocycles. The van der Waals surface area contributed by atoms with Crippen LogP contribution in [0.5, 0.6) is 5.75 Å². The van der Waals surface area contributed by atoms with E-state index < -0.39 is 6.04 Å². The van der Waals surface area contributed by atoms with E-state index in [0.29, 0.717) is 28.8 Å². The third kappa shape index (κ3) is 7.92. The number of carbonyl (C=O) groups excluding carboxylic acids is 2. The van der Waals surface area contributed by atoms with Crippen LogP contribution in [0, 0.1) is 0 Å². The van der Waals surface area contributed by atoms with Gasteiger partial charge in [-0.1, -0.05) is 88.5 Å². The maximum absolute atomic E-state index is 13.4. The van der Waals surface area contributed by atoms with Crippen molar-refractivity contribution in [3.05, 3.63) is 63.6 Å². The number of unbranched alkanes of at least 4 members (excludes halogenated alkanes) is 1. The molecule has 7 heteroatoms. The third-order valence-electron chi connectivity index (χ3n) is 5.60. The molecule has 2 rings (SSSR count). The van der Waals surface area contributed by atoms with Crippen LogP contribution >= 0.6 is 23.2 Å². The summed E-state index contributed by atoms with van der Waals surface area (Å²) < 4.78 is 5.99. The first kappa shape index (κ1) is 28.0. The summed E-state index contributed by atoms with van der Waals surface area (Å²) in [7, 11) is 0. The van der Waals surface area contributed by atoms with Crippen LogP contribution in [0.15, 0.2) is 42.5 Å². The Balaban J connectivity index is 2.27. The molecule has 0 aliphatic heterocycles. The zero-order valence-electron chi connectivity index (χ0n) is 20.8. The molecule has 2 aromatic rings. The van der Waals surface area contributed by atoms with Crippen molar-refractivity contribution >= 4 is 35.0 Å². The maximum Gasteiger partial charge on any atom is 0.261 e. The molecule has 2 aromatic carbocycles. The van der Waals surface area contributed by atoms with Crippen LogP contribution in [0.1, 0.15) is 65.0 Å².